The summed E-state index contributed by atoms with van der Waals surface area (Å²) in [5, 5.41) is 2.67. The standard InChI is InChI=1S/C19H20N2O5/c1-13(22)21(2)16-8-10-17(11-9-16)26-12-18(23)20-15-6-4-14(5-7-15)19(24)25-3/h4-11H,12H2,1-3H3,(H,20,23). The minimum absolute atomic E-state index is 0.0729. The molecule has 0 unspecified atom stereocenters. The molecule has 136 valence electrons. The quantitative estimate of drug-likeness (QED) is 0.804. The summed E-state index contributed by atoms with van der Waals surface area (Å²) in [5.41, 5.74) is 1.68. The number of methoxy groups -OCH3 is 1. The van der Waals surface area contributed by atoms with Crippen LogP contribution in [0.15, 0.2) is 48.5 Å². The van der Waals surface area contributed by atoms with Crippen molar-refractivity contribution in [1.82, 2.24) is 0 Å². The fourth-order valence-electron chi connectivity index (χ4n) is 2.10. The summed E-state index contributed by atoms with van der Waals surface area (Å²) in [4.78, 5) is 36.1. The molecule has 26 heavy (non-hydrogen) atoms. The van der Waals surface area contributed by atoms with Crippen molar-refractivity contribution in [2.24, 2.45) is 0 Å². The van der Waals surface area contributed by atoms with Crippen molar-refractivity contribution in [2.45, 2.75) is 6.92 Å². The molecule has 7 heteroatoms. The normalized spacial score (nSPS) is 9.96. The Balaban J connectivity index is 1.86. The smallest absolute Gasteiger partial charge is 0.337 e. The van der Waals surface area contributed by atoms with Crippen LogP contribution in [0.1, 0.15) is 17.3 Å². The molecular formula is C19H20N2O5. The first-order valence-electron chi connectivity index (χ1n) is 7.86. The summed E-state index contributed by atoms with van der Waals surface area (Å²) in [7, 11) is 2.98. The lowest BCUT2D eigenvalue weighted by Crippen LogP contribution is -2.22. The highest BCUT2D eigenvalue weighted by atomic mass is 16.5. The van der Waals surface area contributed by atoms with Gasteiger partial charge in [0.05, 0.1) is 12.7 Å². The van der Waals surface area contributed by atoms with Crippen molar-refractivity contribution in [3.8, 4) is 5.75 Å². The second-order valence-corrected chi connectivity index (χ2v) is 5.48. The van der Waals surface area contributed by atoms with Crippen LogP contribution in [0.4, 0.5) is 11.4 Å². The summed E-state index contributed by atoms with van der Waals surface area (Å²) in [6.45, 7) is 1.31. The van der Waals surface area contributed by atoms with Crippen LogP contribution in [-0.2, 0) is 14.3 Å². The third-order valence-electron chi connectivity index (χ3n) is 3.66. The Kier molecular flexibility index (Phi) is 6.32. The van der Waals surface area contributed by atoms with Crippen LogP contribution in [0.2, 0.25) is 0 Å². The van der Waals surface area contributed by atoms with E-state index in [1.54, 1.807) is 55.6 Å². The molecule has 2 aromatic rings. The van der Waals surface area contributed by atoms with Gasteiger partial charge in [-0.1, -0.05) is 0 Å². The van der Waals surface area contributed by atoms with E-state index in [0.29, 0.717) is 17.0 Å². The highest BCUT2D eigenvalue weighted by Crippen LogP contribution is 2.18. The fraction of sp³-hybridized carbons (Fsp3) is 0.211. The first-order valence-corrected chi connectivity index (χ1v) is 7.86. The molecule has 0 radical (unpaired) electrons. The van der Waals surface area contributed by atoms with Gasteiger partial charge in [-0.05, 0) is 48.5 Å². The molecule has 0 saturated heterocycles. The van der Waals surface area contributed by atoms with E-state index in [1.165, 1.54) is 18.9 Å². The van der Waals surface area contributed by atoms with Gasteiger partial charge in [0, 0.05) is 25.3 Å². The lowest BCUT2D eigenvalue weighted by molar-refractivity contribution is -0.118. The van der Waals surface area contributed by atoms with E-state index in [-0.39, 0.29) is 18.4 Å². The highest BCUT2D eigenvalue weighted by Gasteiger charge is 2.08. The van der Waals surface area contributed by atoms with Crippen molar-refractivity contribution in [3.05, 3.63) is 54.1 Å². The summed E-state index contributed by atoms with van der Waals surface area (Å²) in [5.74, 6) is -0.330. The number of hydrogen-bond donors (Lipinski definition) is 1. The second kappa shape index (κ2) is 8.66. The molecule has 0 bridgehead atoms. The molecule has 2 amide bonds. The molecule has 2 rings (SSSR count). The molecule has 0 aliphatic carbocycles. The molecule has 0 aliphatic rings. The van der Waals surface area contributed by atoms with Gasteiger partial charge in [0.15, 0.2) is 6.61 Å². The molecule has 1 N–H and O–H groups in total. The number of carbonyl (C=O) groups excluding carboxylic acids is 3. The Morgan fingerprint density at radius 1 is 1.00 bits per heavy atom. The molecule has 2 aromatic carbocycles. The lowest BCUT2D eigenvalue weighted by Gasteiger charge is -2.15. The zero-order chi connectivity index (χ0) is 19.1. The monoisotopic (exact) mass is 356 g/mol. The Bertz CT molecular complexity index is 785. The van der Waals surface area contributed by atoms with Gasteiger partial charge in [-0.2, -0.15) is 0 Å². The topological polar surface area (TPSA) is 84.9 Å². The molecule has 0 spiro atoms. The molecule has 0 saturated carbocycles. The largest absolute Gasteiger partial charge is 0.484 e. The van der Waals surface area contributed by atoms with Crippen LogP contribution < -0.4 is 15.0 Å². The maximum atomic E-state index is 11.9. The van der Waals surface area contributed by atoms with Gasteiger partial charge in [-0.25, -0.2) is 4.79 Å². The average molecular weight is 356 g/mol. The SMILES string of the molecule is COC(=O)c1ccc(NC(=O)COc2ccc(N(C)C(C)=O)cc2)cc1. The Hall–Kier alpha value is -3.35. The number of carbonyl (C=O) groups is 3. The van der Waals surface area contributed by atoms with Gasteiger partial charge >= 0.3 is 5.97 Å². The van der Waals surface area contributed by atoms with Gasteiger partial charge in [-0.3, -0.25) is 9.59 Å². The molecule has 0 aliphatic heterocycles. The molecule has 0 atom stereocenters. The van der Waals surface area contributed by atoms with Crippen LogP contribution in [0.25, 0.3) is 0 Å². The molecule has 0 heterocycles. The number of rotatable bonds is 6. The second-order valence-electron chi connectivity index (χ2n) is 5.48. The number of hydrogen-bond acceptors (Lipinski definition) is 5. The van der Waals surface area contributed by atoms with Gasteiger partial charge < -0.3 is 19.7 Å². The molecule has 0 fully saturated rings. The van der Waals surface area contributed by atoms with Crippen LogP contribution in [0.3, 0.4) is 0 Å². The van der Waals surface area contributed by atoms with E-state index in [2.05, 4.69) is 10.1 Å². The lowest BCUT2D eigenvalue weighted by atomic mass is 10.2. The number of anilines is 2. The Morgan fingerprint density at radius 2 is 1.62 bits per heavy atom. The van der Waals surface area contributed by atoms with Crippen LogP contribution in [-0.4, -0.2) is 38.5 Å². The van der Waals surface area contributed by atoms with E-state index in [1.807, 2.05) is 0 Å². The third-order valence-corrected chi connectivity index (χ3v) is 3.66. The minimum Gasteiger partial charge on any atom is -0.484 e. The Morgan fingerprint density at radius 3 is 2.15 bits per heavy atom. The summed E-state index contributed by atoms with van der Waals surface area (Å²) in [6, 6.07) is 13.2. The highest BCUT2D eigenvalue weighted by molar-refractivity contribution is 5.94. The van der Waals surface area contributed by atoms with Gasteiger partial charge in [0.2, 0.25) is 5.91 Å². The predicted octanol–water partition coefficient (Wildman–Crippen LogP) is 2.47. The summed E-state index contributed by atoms with van der Waals surface area (Å²) in [6.07, 6.45) is 0. The summed E-state index contributed by atoms with van der Waals surface area (Å²) >= 11 is 0. The van der Waals surface area contributed by atoms with Gasteiger partial charge in [0.25, 0.3) is 5.91 Å². The maximum Gasteiger partial charge on any atom is 0.337 e. The van der Waals surface area contributed by atoms with E-state index in [4.69, 9.17) is 4.74 Å². The van der Waals surface area contributed by atoms with Crippen molar-refractivity contribution >= 4 is 29.2 Å². The summed E-state index contributed by atoms with van der Waals surface area (Å²) < 4.78 is 10.0. The first-order chi connectivity index (χ1) is 12.4. The fourth-order valence-corrected chi connectivity index (χ4v) is 2.10. The van der Waals surface area contributed by atoms with Gasteiger partial charge in [0.1, 0.15) is 5.75 Å². The predicted molar refractivity (Wildman–Crippen MR) is 97.4 cm³/mol. The van der Waals surface area contributed by atoms with Crippen molar-refractivity contribution in [3.63, 3.8) is 0 Å². The molecular weight excluding hydrogens is 336 g/mol. The van der Waals surface area contributed by atoms with Crippen LogP contribution in [0, 0.1) is 0 Å². The zero-order valence-corrected chi connectivity index (χ0v) is 14.8. The first kappa shape index (κ1) is 19.0. The number of esters is 1. The maximum absolute atomic E-state index is 11.9. The average Bonchev–Trinajstić information content (AvgIpc) is 2.66. The van der Waals surface area contributed by atoms with E-state index in [9.17, 15) is 14.4 Å². The zero-order valence-electron chi connectivity index (χ0n) is 14.8. The minimum atomic E-state index is -0.440. The van der Waals surface area contributed by atoms with Crippen LogP contribution in [0.5, 0.6) is 5.75 Å². The molecule has 0 aromatic heterocycles. The number of nitrogens with zero attached hydrogens (tertiary/aromatic N) is 1. The van der Waals surface area contributed by atoms with Crippen LogP contribution >= 0.6 is 0 Å². The van der Waals surface area contributed by atoms with Gasteiger partial charge in [-0.15, -0.1) is 0 Å². The number of benzene rings is 2. The third kappa shape index (κ3) is 5.07. The number of ether oxygens (including phenoxy) is 2. The van der Waals surface area contributed by atoms with Crippen molar-refractivity contribution in [1.29, 1.82) is 0 Å². The Labute approximate surface area is 151 Å². The van der Waals surface area contributed by atoms with Crippen molar-refractivity contribution in [2.75, 3.05) is 31.0 Å². The molecule has 7 nitrogen and oxygen atoms in total. The van der Waals surface area contributed by atoms with E-state index in [0.717, 1.165) is 5.69 Å². The number of amides is 2. The number of nitrogens with one attached hydrogen (secondary N) is 1. The van der Waals surface area contributed by atoms with E-state index >= 15 is 0 Å². The van der Waals surface area contributed by atoms with Crippen molar-refractivity contribution < 1.29 is 23.9 Å². The van der Waals surface area contributed by atoms with E-state index < -0.39 is 5.97 Å².